The Kier molecular flexibility index (Phi) is 7.42. The van der Waals surface area contributed by atoms with Crippen molar-refractivity contribution < 1.29 is 18.8 Å². The molecule has 2 aromatic rings. The minimum Gasteiger partial charge on any atom is -0.496 e. The quantitative estimate of drug-likeness (QED) is 0.502. The van der Waals surface area contributed by atoms with Gasteiger partial charge in [0, 0.05) is 10.6 Å². The highest BCUT2D eigenvalue weighted by Gasteiger charge is 2.20. The molecular weight excluding hydrogens is 335 g/mol. The summed E-state index contributed by atoms with van der Waals surface area (Å²) in [5.41, 5.74) is 0.416. The van der Waals surface area contributed by atoms with Gasteiger partial charge in [0.05, 0.1) is 34.5 Å². The van der Waals surface area contributed by atoms with Crippen LogP contribution in [0.4, 0.5) is 0 Å². The first-order valence-corrected chi connectivity index (χ1v) is 9.56. The summed E-state index contributed by atoms with van der Waals surface area (Å²) >= 11 is 0. The van der Waals surface area contributed by atoms with Crippen LogP contribution in [0.15, 0.2) is 42.5 Å². The van der Waals surface area contributed by atoms with Gasteiger partial charge in [-0.3, -0.25) is 4.79 Å². The Labute approximate surface area is 150 Å². The van der Waals surface area contributed by atoms with Crippen molar-refractivity contribution in [3.63, 3.8) is 0 Å². The van der Waals surface area contributed by atoms with Crippen molar-refractivity contribution >= 4 is 25.0 Å². The molecule has 134 valence electrons. The average molecular weight is 360 g/mol. The van der Waals surface area contributed by atoms with Crippen LogP contribution in [0.3, 0.4) is 0 Å². The molecule has 1 atom stereocenters. The number of rotatable bonds is 9. The summed E-state index contributed by atoms with van der Waals surface area (Å²) < 4.78 is 17.0. The molecular formula is C20H25O4P. The number of hydrogen-bond acceptors (Lipinski definition) is 4. The summed E-state index contributed by atoms with van der Waals surface area (Å²) in [5.74, 6) is 1.58. The summed E-state index contributed by atoms with van der Waals surface area (Å²) in [6.07, 6.45) is 1.75. The molecule has 5 heteroatoms. The van der Waals surface area contributed by atoms with Crippen molar-refractivity contribution in [1.82, 2.24) is 0 Å². The van der Waals surface area contributed by atoms with Gasteiger partial charge in [-0.1, -0.05) is 44.2 Å². The van der Waals surface area contributed by atoms with E-state index in [2.05, 4.69) is 26.0 Å². The van der Waals surface area contributed by atoms with E-state index >= 15 is 0 Å². The molecule has 0 radical (unpaired) electrons. The molecule has 0 fully saturated rings. The highest BCUT2D eigenvalue weighted by molar-refractivity contribution is 7.68. The number of aldehydes is 1. The van der Waals surface area contributed by atoms with Gasteiger partial charge >= 0.3 is 0 Å². The first-order chi connectivity index (χ1) is 12.1. The maximum Gasteiger partial charge on any atom is 0.157 e. The summed E-state index contributed by atoms with van der Waals surface area (Å²) in [4.78, 5) is 11.4. The molecule has 0 aliphatic heterocycles. The fraction of sp³-hybridized carbons (Fsp3) is 0.350. The second-order valence-electron chi connectivity index (χ2n) is 6.03. The van der Waals surface area contributed by atoms with Crippen molar-refractivity contribution in [1.29, 1.82) is 0 Å². The molecule has 0 aromatic heterocycles. The molecule has 0 aliphatic rings. The third-order valence-corrected chi connectivity index (χ3v) is 5.72. The maximum absolute atomic E-state index is 11.4. The molecule has 2 rings (SSSR count). The Hall–Kier alpha value is -1.90. The largest absolute Gasteiger partial charge is 0.496 e. The zero-order chi connectivity index (χ0) is 18.2. The van der Waals surface area contributed by atoms with Gasteiger partial charge in [0.2, 0.25) is 0 Å². The van der Waals surface area contributed by atoms with Crippen LogP contribution in [0.25, 0.3) is 0 Å². The third-order valence-electron chi connectivity index (χ3n) is 3.79. The van der Waals surface area contributed by atoms with Crippen LogP contribution >= 0.6 is 8.15 Å². The molecule has 1 unspecified atom stereocenters. The highest BCUT2D eigenvalue weighted by atomic mass is 31.1. The van der Waals surface area contributed by atoms with Gasteiger partial charge in [-0.25, -0.2) is 0 Å². The van der Waals surface area contributed by atoms with Crippen molar-refractivity contribution in [2.24, 2.45) is 5.92 Å². The lowest BCUT2D eigenvalue weighted by Crippen LogP contribution is -2.16. The second-order valence-corrected chi connectivity index (χ2v) is 7.91. The summed E-state index contributed by atoms with van der Waals surface area (Å²) in [6, 6.07) is 13.9. The van der Waals surface area contributed by atoms with Crippen LogP contribution < -0.4 is 20.1 Å². The molecule has 0 N–H and O–H groups in total. The molecule has 4 nitrogen and oxygen atoms in total. The lowest BCUT2D eigenvalue weighted by atomic mass is 10.2. The van der Waals surface area contributed by atoms with E-state index in [4.69, 9.17) is 14.0 Å². The zero-order valence-corrected chi connectivity index (χ0v) is 16.1. The lowest BCUT2D eigenvalue weighted by molar-refractivity contribution is 0.111. The Balaban J connectivity index is 2.44. The van der Waals surface area contributed by atoms with E-state index < -0.39 is 8.15 Å². The predicted octanol–water partition coefficient (Wildman–Crippen LogP) is 3.93. The van der Waals surface area contributed by atoms with E-state index in [1.54, 1.807) is 14.2 Å². The smallest absolute Gasteiger partial charge is 0.157 e. The van der Waals surface area contributed by atoms with Crippen LogP contribution in [0.1, 0.15) is 30.6 Å². The number of ether oxygens (including phenoxy) is 2. The molecule has 0 aliphatic carbocycles. The number of benzene rings is 2. The Morgan fingerprint density at radius 3 is 2.08 bits per heavy atom. The van der Waals surface area contributed by atoms with Gasteiger partial charge in [-0.05, 0) is 24.5 Å². The first kappa shape index (κ1) is 19.4. The van der Waals surface area contributed by atoms with Crippen LogP contribution in [0, 0.1) is 5.92 Å². The number of carbonyl (C=O) groups excluding carboxylic acids is 1. The molecule has 2 aromatic carbocycles. The SMILES string of the molecule is COc1cc(P(OCCC(C)C)c2ccccc2)cc(OC)c1C=O. The second kappa shape index (κ2) is 9.55. The molecule has 0 spiro atoms. The Morgan fingerprint density at radius 1 is 1.00 bits per heavy atom. The van der Waals surface area contributed by atoms with E-state index in [0.717, 1.165) is 23.3 Å². The molecule has 0 heterocycles. The predicted molar refractivity (Wildman–Crippen MR) is 103 cm³/mol. The van der Waals surface area contributed by atoms with Crippen LogP contribution in [-0.2, 0) is 4.52 Å². The average Bonchev–Trinajstić information content (AvgIpc) is 2.64. The zero-order valence-electron chi connectivity index (χ0n) is 15.2. The van der Waals surface area contributed by atoms with Crippen molar-refractivity contribution in [2.45, 2.75) is 20.3 Å². The fourth-order valence-corrected chi connectivity index (χ4v) is 4.20. The van der Waals surface area contributed by atoms with Crippen molar-refractivity contribution in [3.05, 3.63) is 48.0 Å². The maximum atomic E-state index is 11.4. The Bertz CT molecular complexity index is 660. The van der Waals surface area contributed by atoms with Crippen molar-refractivity contribution in [3.8, 4) is 11.5 Å². The monoisotopic (exact) mass is 360 g/mol. The van der Waals surface area contributed by atoms with E-state index in [-0.39, 0.29) is 0 Å². The van der Waals surface area contributed by atoms with Gasteiger partial charge in [0.15, 0.2) is 6.29 Å². The summed E-state index contributed by atoms with van der Waals surface area (Å²) in [7, 11) is 2.08. The minimum absolute atomic E-state index is 0.416. The number of carbonyl (C=O) groups is 1. The van der Waals surface area contributed by atoms with E-state index in [1.807, 2.05) is 30.3 Å². The van der Waals surface area contributed by atoms with E-state index in [0.29, 0.717) is 29.6 Å². The molecule has 0 bridgehead atoms. The summed E-state index contributed by atoms with van der Waals surface area (Å²) in [5, 5.41) is 2.08. The normalized spacial score (nSPS) is 12.0. The van der Waals surface area contributed by atoms with E-state index in [1.165, 1.54) is 0 Å². The van der Waals surface area contributed by atoms with Crippen LogP contribution in [0.5, 0.6) is 11.5 Å². The highest BCUT2D eigenvalue weighted by Crippen LogP contribution is 2.39. The van der Waals surface area contributed by atoms with Gasteiger partial charge in [-0.2, -0.15) is 0 Å². The lowest BCUT2D eigenvalue weighted by Gasteiger charge is -2.21. The number of hydrogen-bond donors (Lipinski definition) is 0. The van der Waals surface area contributed by atoms with E-state index in [9.17, 15) is 4.79 Å². The minimum atomic E-state index is -1.02. The van der Waals surface area contributed by atoms with Crippen LogP contribution in [0.2, 0.25) is 0 Å². The Morgan fingerprint density at radius 2 is 1.60 bits per heavy atom. The van der Waals surface area contributed by atoms with Gasteiger partial charge in [0.1, 0.15) is 11.5 Å². The van der Waals surface area contributed by atoms with Crippen molar-refractivity contribution in [2.75, 3.05) is 20.8 Å². The number of methoxy groups -OCH3 is 2. The standard InChI is InChI=1S/C20H25O4P/c1-15(2)10-11-24-25(16-8-6-5-7-9-16)17-12-19(22-3)18(14-21)20(13-17)23-4/h5-9,12-15H,10-11H2,1-4H3. The first-order valence-electron chi connectivity index (χ1n) is 8.30. The fourth-order valence-electron chi connectivity index (χ4n) is 2.40. The van der Waals surface area contributed by atoms with Crippen LogP contribution in [-0.4, -0.2) is 27.1 Å². The summed E-state index contributed by atoms with van der Waals surface area (Å²) in [6.45, 7) is 5.04. The van der Waals surface area contributed by atoms with Gasteiger partial charge in [-0.15, -0.1) is 0 Å². The molecule has 0 saturated carbocycles. The molecule has 0 saturated heterocycles. The third kappa shape index (κ3) is 5.04. The molecule has 0 amide bonds. The topological polar surface area (TPSA) is 44.8 Å². The van der Waals surface area contributed by atoms with Gasteiger partial charge < -0.3 is 14.0 Å². The molecule has 25 heavy (non-hydrogen) atoms. The van der Waals surface area contributed by atoms with Gasteiger partial charge in [0.25, 0.3) is 0 Å².